The molecule has 2 N–H and O–H groups in total. The number of nitrogens with one attached hydrogen (secondary N) is 1. The Morgan fingerprint density at radius 1 is 1.35 bits per heavy atom. The number of phenolic OH excluding ortho intramolecular Hbond substituents is 1. The summed E-state index contributed by atoms with van der Waals surface area (Å²) >= 11 is 0. The molecule has 0 aliphatic carbocycles. The minimum absolute atomic E-state index is 0.0876. The highest BCUT2D eigenvalue weighted by molar-refractivity contribution is 7.93. The third-order valence-corrected chi connectivity index (χ3v) is 6.15. The second kappa shape index (κ2) is 6.01. The van der Waals surface area contributed by atoms with Crippen molar-refractivity contribution in [3.8, 4) is 5.75 Å². The Kier molecular flexibility index (Phi) is 4.55. The van der Waals surface area contributed by atoms with Crippen LogP contribution in [-0.4, -0.2) is 38.4 Å². The highest BCUT2D eigenvalue weighted by Crippen LogP contribution is 2.30. The van der Waals surface area contributed by atoms with E-state index in [0.29, 0.717) is 25.1 Å². The number of piperidine rings is 1. The Hall–Kier alpha value is -1.27. The van der Waals surface area contributed by atoms with E-state index >= 15 is 0 Å². The molecule has 1 fully saturated rings. The first-order chi connectivity index (χ1) is 9.46. The number of rotatable bonds is 4. The molecule has 2 rings (SSSR count). The van der Waals surface area contributed by atoms with Crippen molar-refractivity contribution in [3.63, 3.8) is 0 Å². The molecule has 20 heavy (non-hydrogen) atoms. The molecular formula is C14H22N2O3S. The van der Waals surface area contributed by atoms with Gasteiger partial charge in [0.1, 0.15) is 5.75 Å². The van der Waals surface area contributed by atoms with Gasteiger partial charge in [-0.3, -0.25) is 4.31 Å². The molecule has 1 heterocycles. The first kappa shape index (κ1) is 15.1. The maximum absolute atomic E-state index is 12.8. The molecule has 0 bridgehead atoms. The van der Waals surface area contributed by atoms with Crippen LogP contribution in [0.15, 0.2) is 18.2 Å². The summed E-state index contributed by atoms with van der Waals surface area (Å²) in [6.45, 7) is 5.52. The Morgan fingerprint density at radius 3 is 2.60 bits per heavy atom. The van der Waals surface area contributed by atoms with Crippen LogP contribution >= 0.6 is 0 Å². The Balaban J connectivity index is 2.37. The maximum atomic E-state index is 12.8. The topological polar surface area (TPSA) is 69.6 Å². The summed E-state index contributed by atoms with van der Waals surface area (Å²) in [6.07, 6.45) is 1.27. The van der Waals surface area contributed by atoms with Gasteiger partial charge >= 0.3 is 0 Å². The first-order valence-electron chi connectivity index (χ1n) is 6.98. The summed E-state index contributed by atoms with van der Waals surface area (Å²) in [5, 5.41) is 12.5. The zero-order valence-corrected chi connectivity index (χ0v) is 12.8. The molecule has 0 aromatic heterocycles. The van der Waals surface area contributed by atoms with Gasteiger partial charge in [0, 0.05) is 12.6 Å². The Labute approximate surface area is 120 Å². The van der Waals surface area contributed by atoms with Gasteiger partial charge in [-0.2, -0.15) is 0 Å². The van der Waals surface area contributed by atoms with E-state index in [4.69, 9.17) is 0 Å². The zero-order valence-electron chi connectivity index (χ0n) is 12.0. The summed E-state index contributed by atoms with van der Waals surface area (Å²) in [5.41, 5.74) is 1.42. The number of phenols is 1. The average molecular weight is 298 g/mol. The van der Waals surface area contributed by atoms with Gasteiger partial charge in [0.25, 0.3) is 0 Å². The van der Waals surface area contributed by atoms with E-state index in [1.54, 1.807) is 12.1 Å². The molecule has 0 atom stereocenters. The largest absolute Gasteiger partial charge is 0.508 e. The van der Waals surface area contributed by atoms with Crippen molar-refractivity contribution in [1.29, 1.82) is 0 Å². The normalized spacial score (nSPS) is 17.1. The monoisotopic (exact) mass is 298 g/mol. The summed E-state index contributed by atoms with van der Waals surface area (Å²) in [5.74, 6) is 0.0876. The molecule has 0 spiro atoms. The van der Waals surface area contributed by atoms with Crippen molar-refractivity contribution in [2.45, 2.75) is 31.9 Å². The van der Waals surface area contributed by atoms with E-state index in [2.05, 4.69) is 5.32 Å². The van der Waals surface area contributed by atoms with Crippen LogP contribution in [0.5, 0.6) is 5.75 Å². The minimum Gasteiger partial charge on any atom is -0.508 e. The molecular weight excluding hydrogens is 276 g/mol. The van der Waals surface area contributed by atoms with Crippen LogP contribution in [-0.2, 0) is 10.0 Å². The van der Waals surface area contributed by atoms with E-state index in [-0.39, 0.29) is 11.0 Å². The lowest BCUT2D eigenvalue weighted by Crippen LogP contribution is -2.44. The second-order valence-electron chi connectivity index (χ2n) is 5.13. The second-order valence-corrected chi connectivity index (χ2v) is 7.27. The lowest BCUT2D eigenvalue weighted by atomic mass is 10.2. The smallest absolute Gasteiger partial charge is 0.238 e. The van der Waals surface area contributed by atoms with Crippen molar-refractivity contribution in [2.75, 3.05) is 23.9 Å². The average Bonchev–Trinajstić information content (AvgIpc) is 2.44. The summed E-state index contributed by atoms with van der Waals surface area (Å²) in [7, 11) is -3.38. The van der Waals surface area contributed by atoms with Crippen molar-refractivity contribution in [1.82, 2.24) is 5.32 Å². The van der Waals surface area contributed by atoms with Gasteiger partial charge in [0.2, 0.25) is 10.0 Å². The first-order valence-corrected chi connectivity index (χ1v) is 8.49. The van der Waals surface area contributed by atoms with E-state index in [1.807, 2.05) is 13.8 Å². The number of nitrogens with zero attached hydrogens (tertiary/aromatic N) is 1. The van der Waals surface area contributed by atoms with Gasteiger partial charge in [-0.05, 0) is 51.4 Å². The van der Waals surface area contributed by atoms with Crippen LogP contribution in [0.4, 0.5) is 5.69 Å². The molecule has 1 aromatic rings. The third-order valence-electron chi connectivity index (χ3n) is 3.76. The molecule has 0 amide bonds. The molecule has 0 unspecified atom stereocenters. The third kappa shape index (κ3) is 2.91. The molecule has 1 aromatic carbocycles. The highest BCUT2D eigenvalue weighted by Gasteiger charge is 2.33. The number of aryl methyl sites for hydroxylation is 1. The summed E-state index contributed by atoms with van der Waals surface area (Å²) < 4.78 is 27.0. The maximum Gasteiger partial charge on any atom is 0.238 e. The van der Waals surface area contributed by atoms with Crippen molar-refractivity contribution in [3.05, 3.63) is 23.8 Å². The van der Waals surface area contributed by atoms with Gasteiger partial charge in [-0.15, -0.1) is 0 Å². The van der Waals surface area contributed by atoms with Crippen LogP contribution in [0.2, 0.25) is 0 Å². The number of hydrogen-bond donors (Lipinski definition) is 2. The molecule has 6 heteroatoms. The van der Waals surface area contributed by atoms with Crippen LogP contribution < -0.4 is 9.62 Å². The van der Waals surface area contributed by atoms with E-state index < -0.39 is 10.0 Å². The van der Waals surface area contributed by atoms with E-state index in [0.717, 1.165) is 18.7 Å². The van der Waals surface area contributed by atoms with Gasteiger partial charge < -0.3 is 10.4 Å². The molecule has 0 radical (unpaired) electrons. The number of benzene rings is 1. The predicted octanol–water partition coefficient (Wildman–Crippen LogP) is 1.61. The fraction of sp³-hybridized carbons (Fsp3) is 0.571. The number of hydrogen-bond acceptors (Lipinski definition) is 4. The predicted molar refractivity (Wildman–Crippen MR) is 80.7 cm³/mol. The lowest BCUT2D eigenvalue weighted by molar-refractivity contribution is 0.475. The van der Waals surface area contributed by atoms with Gasteiger partial charge in [-0.25, -0.2) is 8.42 Å². The Morgan fingerprint density at radius 2 is 2.00 bits per heavy atom. The summed E-state index contributed by atoms with van der Waals surface area (Å²) in [6, 6.07) is 4.84. The fourth-order valence-corrected chi connectivity index (χ4v) is 4.65. The van der Waals surface area contributed by atoms with Crippen LogP contribution in [0.1, 0.15) is 25.3 Å². The van der Waals surface area contributed by atoms with Crippen LogP contribution in [0, 0.1) is 6.92 Å². The SMILES string of the molecule is CCN(c1cc(O)ccc1C)S(=O)(=O)C1CCNCC1. The molecule has 1 aliphatic rings. The molecule has 112 valence electrons. The van der Waals surface area contributed by atoms with E-state index in [1.165, 1.54) is 10.4 Å². The van der Waals surface area contributed by atoms with Crippen molar-refractivity contribution in [2.24, 2.45) is 0 Å². The standard InChI is InChI=1S/C14H22N2O3S/c1-3-16(14-10-12(17)5-4-11(14)2)20(18,19)13-6-8-15-9-7-13/h4-5,10,13,15,17H,3,6-9H2,1-2H3. The van der Waals surface area contributed by atoms with Gasteiger partial charge in [0.15, 0.2) is 0 Å². The zero-order chi connectivity index (χ0) is 14.8. The summed E-state index contributed by atoms with van der Waals surface area (Å²) in [4.78, 5) is 0. The Bertz CT molecular complexity index is 566. The van der Waals surface area contributed by atoms with Crippen molar-refractivity contribution < 1.29 is 13.5 Å². The minimum atomic E-state index is -3.38. The van der Waals surface area contributed by atoms with Crippen molar-refractivity contribution >= 4 is 15.7 Å². The quantitative estimate of drug-likeness (QED) is 0.886. The highest BCUT2D eigenvalue weighted by atomic mass is 32.2. The van der Waals surface area contributed by atoms with E-state index in [9.17, 15) is 13.5 Å². The number of aromatic hydroxyl groups is 1. The van der Waals surface area contributed by atoms with Crippen LogP contribution in [0.3, 0.4) is 0 Å². The number of sulfonamides is 1. The molecule has 5 nitrogen and oxygen atoms in total. The fourth-order valence-electron chi connectivity index (χ4n) is 2.63. The molecule has 1 saturated heterocycles. The van der Waals surface area contributed by atoms with Gasteiger partial charge in [0.05, 0.1) is 10.9 Å². The van der Waals surface area contributed by atoms with Gasteiger partial charge in [-0.1, -0.05) is 6.07 Å². The number of anilines is 1. The lowest BCUT2D eigenvalue weighted by Gasteiger charge is -2.31. The molecule has 1 aliphatic heterocycles. The molecule has 0 saturated carbocycles. The van der Waals surface area contributed by atoms with Crippen LogP contribution in [0.25, 0.3) is 0 Å².